The van der Waals surface area contributed by atoms with E-state index in [4.69, 9.17) is 20.8 Å². The summed E-state index contributed by atoms with van der Waals surface area (Å²) in [5, 5.41) is 11.5. The fourth-order valence-electron chi connectivity index (χ4n) is 2.75. The number of amides is 1. The molecule has 4 aromatic rings. The Hall–Kier alpha value is -3.64. The number of anilines is 1. The quantitative estimate of drug-likeness (QED) is 0.453. The molecule has 1 aromatic heterocycles. The Morgan fingerprint density at radius 3 is 2.17 bits per heavy atom. The topological polar surface area (TPSA) is 77.2 Å². The summed E-state index contributed by atoms with van der Waals surface area (Å²) < 4.78 is 11.2. The number of hydrogen-bond acceptors (Lipinski definition) is 5. The molecule has 0 aliphatic heterocycles. The van der Waals surface area contributed by atoms with Crippen LogP contribution in [-0.2, 0) is 4.79 Å². The number of aromatic nitrogens is 2. The first-order valence-electron chi connectivity index (χ1n) is 9.27. The molecule has 3 aromatic carbocycles. The molecule has 0 saturated heterocycles. The van der Waals surface area contributed by atoms with Crippen molar-refractivity contribution in [2.75, 3.05) is 11.9 Å². The van der Waals surface area contributed by atoms with E-state index in [1.165, 1.54) is 0 Å². The Labute approximate surface area is 178 Å². The highest BCUT2D eigenvalue weighted by atomic mass is 35.5. The van der Waals surface area contributed by atoms with Crippen molar-refractivity contribution in [1.82, 2.24) is 10.2 Å². The van der Waals surface area contributed by atoms with Gasteiger partial charge >= 0.3 is 0 Å². The summed E-state index contributed by atoms with van der Waals surface area (Å²) >= 11 is 6.01. The van der Waals surface area contributed by atoms with Gasteiger partial charge in [-0.3, -0.25) is 4.79 Å². The van der Waals surface area contributed by atoms with Crippen LogP contribution in [-0.4, -0.2) is 22.7 Å². The molecule has 1 amide bonds. The zero-order valence-corrected chi connectivity index (χ0v) is 16.9. The number of carbonyl (C=O) groups is 1. The molecule has 1 N–H and O–H groups in total. The second-order valence-electron chi connectivity index (χ2n) is 6.62. The predicted octanol–water partition coefficient (Wildman–Crippen LogP) is 5.38. The monoisotopic (exact) mass is 419 g/mol. The van der Waals surface area contributed by atoms with Crippen molar-refractivity contribution in [3.8, 4) is 28.7 Å². The lowest BCUT2D eigenvalue weighted by Crippen LogP contribution is -2.20. The number of carbonyl (C=O) groups excluding carboxylic acids is 1. The van der Waals surface area contributed by atoms with E-state index in [2.05, 4.69) is 15.5 Å². The number of benzene rings is 3. The predicted molar refractivity (Wildman–Crippen MR) is 115 cm³/mol. The average molecular weight is 420 g/mol. The lowest BCUT2D eigenvalue weighted by molar-refractivity contribution is -0.118. The van der Waals surface area contributed by atoms with Gasteiger partial charge in [0.25, 0.3) is 5.91 Å². The number of halogens is 1. The summed E-state index contributed by atoms with van der Waals surface area (Å²) in [5.74, 6) is 1.04. The van der Waals surface area contributed by atoms with E-state index in [9.17, 15) is 4.79 Å². The molecule has 0 saturated carbocycles. The van der Waals surface area contributed by atoms with Crippen molar-refractivity contribution in [2.24, 2.45) is 0 Å². The number of nitrogens with zero attached hydrogens (tertiary/aromatic N) is 2. The molecule has 150 valence electrons. The largest absolute Gasteiger partial charge is 0.482 e. The minimum absolute atomic E-state index is 0.144. The van der Waals surface area contributed by atoms with Crippen LogP contribution in [0.25, 0.3) is 22.9 Å². The lowest BCUT2D eigenvalue weighted by Gasteiger charge is -2.08. The van der Waals surface area contributed by atoms with Gasteiger partial charge in [-0.15, -0.1) is 10.2 Å². The van der Waals surface area contributed by atoms with Gasteiger partial charge in [0.05, 0.1) is 5.02 Å². The smallest absolute Gasteiger partial charge is 0.262 e. The minimum Gasteiger partial charge on any atom is -0.482 e. The third-order valence-electron chi connectivity index (χ3n) is 4.33. The van der Waals surface area contributed by atoms with E-state index < -0.39 is 0 Å². The Kier molecular flexibility index (Phi) is 5.77. The highest BCUT2D eigenvalue weighted by Crippen LogP contribution is 2.25. The first-order chi connectivity index (χ1) is 14.6. The third kappa shape index (κ3) is 4.67. The van der Waals surface area contributed by atoms with Crippen LogP contribution in [0.5, 0.6) is 5.75 Å². The maximum absolute atomic E-state index is 12.1. The molecule has 1 heterocycles. The van der Waals surface area contributed by atoms with Crippen LogP contribution in [0.4, 0.5) is 5.69 Å². The first-order valence-corrected chi connectivity index (χ1v) is 9.64. The van der Waals surface area contributed by atoms with Gasteiger partial charge in [0.1, 0.15) is 5.75 Å². The van der Waals surface area contributed by atoms with E-state index in [-0.39, 0.29) is 12.5 Å². The molecule has 0 bridgehead atoms. The van der Waals surface area contributed by atoms with E-state index in [0.29, 0.717) is 28.2 Å². The fourth-order valence-corrected chi connectivity index (χ4v) is 2.94. The van der Waals surface area contributed by atoms with Gasteiger partial charge in [-0.25, -0.2) is 0 Å². The van der Waals surface area contributed by atoms with Crippen molar-refractivity contribution in [3.63, 3.8) is 0 Å². The van der Waals surface area contributed by atoms with E-state index >= 15 is 0 Å². The molecule has 0 unspecified atom stereocenters. The Morgan fingerprint density at radius 1 is 0.933 bits per heavy atom. The molecular formula is C23H18ClN3O3. The van der Waals surface area contributed by atoms with Crippen molar-refractivity contribution in [3.05, 3.63) is 83.4 Å². The molecule has 0 aliphatic carbocycles. The molecule has 0 radical (unpaired) electrons. The molecule has 6 nitrogen and oxygen atoms in total. The summed E-state index contributed by atoms with van der Waals surface area (Å²) in [6.45, 7) is 1.88. The van der Waals surface area contributed by atoms with E-state index in [1.807, 2.05) is 31.2 Å². The molecule has 7 heteroatoms. The standard InChI is InChI=1S/C23H18ClN3O3/c1-15-6-8-16(9-7-15)22-26-27-23(30-22)17-10-12-18(13-11-17)25-21(28)14-29-20-5-3-2-4-19(20)24/h2-13H,14H2,1H3,(H,25,28). The van der Waals surface area contributed by atoms with Crippen molar-refractivity contribution >= 4 is 23.2 Å². The molecule has 0 atom stereocenters. The van der Waals surface area contributed by atoms with Crippen LogP contribution in [0.1, 0.15) is 5.56 Å². The highest BCUT2D eigenvalue weighted by molar-refractivity contribution is 6.32. The second kappa shape index (κ2) is 8.80. The average Bonchev–Trinajstić information content (AvgIpc) is 3.24. The summed E-state index contributed by atoms with van der Waals surface area (Å²) in [5.41, 5.74) is 3.41. The van der Waals surface area contributed by atoms with Gasteiger partial charge in [-0.05, 0) is 55.5 Å². The van der Waals surface area contributed by atoms with Gasteiger partial charge in [-0.2, -0.15) is 0 Å². The van der Waals surface area contributed by atoms with Gasteiger partial charge in [0, 0.05) is 16.8 Å². The summed E-state index contributed by atoms with van der Waals surface area (Å²) in [7, 11) is 0. The Balaban J connectivity index is 1.38. The maximum Gasteiger partial charge on any atom is 0.262 e. The second-order valence-corrected chi connectivity index (χ2v) is 7.03. The summed E-state index contributed by atoms with van der Waals surface area (Å²) in [4.78, 5) is 12.1. The highest BCUT2D eigenvalue weighted by Gasteiger charge is 2.11. The molecule has 4 rings (SSSR count). The van der Waals surface area contributed by atoms with Crippen LogP contribution in [0, 0.1) is 6.92 Å². The van der Waals surface area contributed by atoms with Gasteiger partial charge < -0.3 is 14.5 Å². The number of ether oxygens (including phenoxy) is 1. The first kappa shape index (κ1) is 19.7. The molecule has 0 fully saturated rings. The zero-order valence-electron chi connectivity index (χ0n) is 16.1. The molecule has 30 heavy (non-hydrogen) atoms. The van der Waals surface area contributed by atoms with Crippen LogP contribution in [0.3, 0.4) is 0 Å². The van der Waals surface area contributed by atoms with E-state index in [0.717, 1.165) is 16.7 Å². The van der Waals surface area contributed by atoms with Gasteiger partial charge in [0.15, 0.2) is 6.61 Å². The zero-order chi connectivity index (χ0) is 20.9. The normalized spacial score (nSPS) is 10.6. The van der Waals surface area contributed by atoms with Crippen molar-refractivity contribution < 1.29 is 13.9 Å². The van der Waals surface area contributed by atoms with Crippen molar-refractivity contribution in [1.29, 1.82) is 0 Å². The number of aryl methyl sites for hydroxylation is 1. The molecule has 0 spiro atoms. The van der Waals surface area contributed by atoms with E-state index in [1.54, 1.807) is 48.5 Å². The number of hydrogen-bond donors (Lipinski definition) is 1. The number of nitrogens with one attached hydrogen (secondary N) is 1. The SMILES string of the molecule is Cc1ccc(-c2nnc(-c3ccc(NC(=O)COc4ccccc4Cl)cc3)o2)cc1. The minimum atomic E-state index is -0.290. The molecule has 0 aliphatic rings. The maximum atomic E-state index is 12.1. The van der Waals surface area contributed by atoms with Gasteiger partial charge in [0.2, 0.25) is 11.8 Å². The third-order valence-corrected chi connectivity index (χ3v) is 4.65. The van der Waals surface area contributed by atoms with Gasteiger partial charge in [-0.1, -0.05) is 41.4 Å². The molecular weight excluding hydrogens is 402 g/mol. The van der Waals surface area contributed by atoms with Crippen molar-refractivity contribution in [2.45, 2.75) is 6.92 Å². The van der Waals surface area contributed by atoms with Crippen LogP contribution in [0.2, 0.25) is 5.02 Å². The summed E-state index contributed by atoms with van der Waals surface area (Å²) in [6.07, 6.45) is 0. The van der Waals surface area contributed by atoms with Crippen LogP contribution in [0.15, 0.2) is 77.2 Å². The Bertz CT molecular complexity index is 1160. The number of rotatable bonds is 6. The number of para-hydroxylation sites is 1. The van der Waals surface area contributed by atoms with Crippen LogP contribution < -0.4 is 10.1 Å². The van der Waals surface area contributed by atoms with Crippen LogP contribution >= 0.6 is 11.6 Å². The Morgan fingerprint density at radius 2 is 1.53 bits per heavy atom. The lowest BCUT2D eigenvalue weighted by atomic mass is 10.1. The summed E-state index contributed by atoms with van der Waals surface area (Å²) in [6, 6.07) is 22.0. The fraction of sp³-hybridized carbons (Fsp3) is 0.0870.